The SMILES string of the molecule is O=C1N=c2cccc(C3CCC(N4CCNCC4)CC3)c2=N1. The van der Waals surface area contributed by atoms with Crippen molar-refractivity contribution in [1.29, 1.82) is 0 Å². The normalized spacial score (nSPS) is 28.8. The molecule has 22 heavy (non-hydrogen) atoms. The molecule has 5 heteroatoms. The molecule has 2 heterocycles. The molecule has 1 aliphatic carbocycles. The molecule has 116 valence electrons. The number of carbonyl (C=O) groups excluding carboxylic acids is 1. The standard InChI is InChI=1S/C17H22N4O/c22-17-19-15-3-1-2-14(16(15)20-17)12-4-6-13(7-5-12)21-10-8-18-9-11-21/h1-3,12-13,18H,4-11H2. The van der Waals surface area contributed by atoms with E-state index in [9.17, 15) is 4.79 Å². The summed E-state index contributed by atoms with van der Waals surface area (Å²) in [5, 5.41) is 5.01. The lowest BCUT2D eigenvalue weighted by Gasteiger charge is -2.39. The summed E-state index contributed by atoms with van der Waals surface area (Å²) in [5.74, 6) is 0.527. The fourth-order valence-electron chi connectivity index (χ4n) is 4.11. The van der Waals surface area contributed by atoms with Crippen molar-refractivity contribution in [1.82, 2.24) is 10.2 Å². The minimum absolute atomic E-state index is 0.350. The number of fused-ring (bicyclic) bond motifs is 1. The third-order valence-corrected chi connectivity index (χ3v) is 5.27. The van der Waals surface area contributed by atoms with E-state index < -0.39 is 0 Å². The molecule has 1 aromatic rings. The van der Waals surface area contributed by atoms with Crippen molar-refractivity contribution in [3.63, 3.8) is 0 Å². The fraction of sp³-hybridized carbons (Fsp3) is 0.588. The van der Waals surface area contributed by atoms with E-state index >= 15 is 0 Å². The summed E-state index contributed by atoms with van der Waals surface area (Å²) < 4.78 is 0. The molecule has 1 N–H and O–H groups in total. The largest absolute Gasteiger partial charge is 0.368 e. The van der Waals surface area contributed by atoms with Gasteiger partial charge in [-0.1, -0.05) is 12.1 Å². The Balaban J connectivity index is 1.49. The Kier molecular flexibility index (Phi) is 3.76. The first-order valence-corrected chi connectivity index (χ1v) is 8.36. The Labute approximate surface area is 130 Å². The second kappa shape index (κ2) is 5.89. The molecule has 0 spiro atoms. The number of amides is 2. The molecular weight excluding hydrogens is 276 g/mol. The average Bonchev–Trinajstić information content (AvgIpc) is 2.96. The molecule has 2 aliphatic heterocycles. The van der Waals surface area contributed by atoms with Gasteiger partial charge in [0.05, 0.1) is 10.7 Å². The topological polar surface area (TPSA) is 57.1 Å². The van der Waals surface area contributed by atoms with Crippen molar-refractivity contribution in [3.8, 4) is 0 Å². The number of nitrogens with one attached hydrogen (secondary N) is 1. The maximum Gasteiger partial charge on any atom is 0.368 e. The molecule has 0 radical (unpaired) electrons. The van der Waals surface area contributed by atoms with Crippen LogP contribution >= 0.6 is 0 Å². The van der Waals surface area contributed by atoms with E-state index in [0.717, 1.165) is 29.8 Å². The first-order chi connectivity index (χ1) is 10.8. The van der Waals surface area contributed by atoms with E-state index in [1.165, 1.54) is 44.3 Å². The molecule has 1 saturated heterocycles. The number of hydrogen-bond donors (Lipinski definition) is 1. The third kappa shape index (κ3) is 2.59. The van der Waals surface area contributed by atoms with Gasteiger partial charge in [0.2, 0.25) is 0 Å². The van der Waals surface area contributed by atoms with Gasteiger partial charge in [-0.25, -0.2) is 4.79 Å². The molecule has 2 amide bonds. The molecule has 0 unspecified atom stereocenters. The highest BCUT2D eigenvalue weighted by atomic mass is 16.2. The maximum absolute atomic E-state index is 11.4. The van der Waals surface area contributed by atoms with E-state index in [1.54, 1.807) is 0 Å². The van der Waals surface area contributed by atoms with Crippen molar-refractivity contribution >= 4 is 6.03 Å². The zero-order chi connectivity index (χ0) is 14.9. The third-order valence-electron chi connectivity index (χ3n) is 5.27. The van der Waals surface area contributed by atoms with E-state index in [1.807, 2.05) is 12.1 Å². The number of benzene rings is 1. The van der Waals surface area contributed by atoms with Crippen LogP contribution < -0.4 is 16.0 Å². The second-order valence-electron chi connectivity index (χ2n) is 6.51. The van der Waals surface area contributed by atoms with Crippen LogP contribution in [0.25, 0.3) is 0 Å². The van der Waals surface area contributed by atoms with Gasteiger partial charge in [-0.15, -0.1) is 0 Å². The monoisotopic (exact) mass is 298 g/mol. The van der Waals surface area contributed by atoms with Gasteiger partial charge in [-0.05, 0) is 43.2 Å². The number of rotatable bonds is 2. The van der Waals surface area contributed by atoms with Gasteiger partial charge in [0.15, 0.2) is 0 Å². The van der Waals surface area contributed by atoms with Crippen LogP contribution in [0.3, 0.4) is 0 Å². The Bertz CT molecular complexity index is 685. The highest BCUT2D eigenvalue weighted by Gasteiger charge is 2.28. The summed E-state index contributed by atoms with van der Waals surface area (Å²) in [6, 6.07) is 6.41. The van der Waals surface area contributed by atoms with Gasteiger partial charge < -0.3 is 5.32 Å². The van der Waals surface area contributed by atoms with Crippen molar-refractivity contribution < 1.29 is 4.79 Å². The summed E-state index contributed by atoms with van der Waals surface area (Å²) in [7, 11) is 0. The number of hydrogen-bond acceptors (Lipinski definition) is 3. The van der Waals surface area contributed by atoms with E-state index in [4.69, 9.17) is 0 Å². The first-order valence-electron chi connectivity index (χ1n) is 8.36. The Morgan fingerprint density at radius 2 is 1.82 bits per heavy atom. The summed E-state index contributed by atoms with van der Waals surface area (Å²) >= 11 is 0. The number of nitrogens with zero attached hydrogens (tertiary/aromatic N) is 3. The van der Waals surface area contributed by atoms with Crippen molar-refractivity contribution in [3.05, 3.63) is 34.5 Å². The van der Waals surface area contributed by atoms with Crippen LogP contribution in [0.5, 0.6) is 0 Å². The van der Waals surface area contributed by atoms with Crippen LogP contribution in [0.15, 0.2) is 28.2 Å². The smallest absolute Gasteiger partial charge is 0.314 e. The number of piperazine rings is 1. The summed E-state index contributed by atoms with van der Waals surface area (Å²) in [6.07, 6.45) is 4.88. The molecule has 0 atom stereocenters. The van der Waals surface area contributed by atoms with Gasteiger partial charge in [-0.2, -0.15) is 9.98 Å². The number of urea groups is 1. The first kappa shape index (κ1) is 14.0. The van der Waals surface area contributed by atoms with Gasteiger partial charge in [0, 0.05) is 32.2 Å². The fourth-order valence-corrected chi connectivity index (χ4v) is 4.11. The van der Waals surface area contributed by atoms with Gasteiger partial charge in [0.25, 0.3) is 0 Å². The van der Waals surface area contributed by atoms with E-state index in [2.05, 4.69) is 26.3 Å². The molecular formula is C17H22N4O. The Morgan fingerprint density at radius 3 is 2.59 bits per heavy atom. The zero-order valence-corrected chi connectivity index (χ0v) is 12.8. The Morgan fingerprint density at radius 1 is 1.05 bits per heavy atom. The van der Waals surface area contributed by atoms with Crippen molar-refractivity contribution in [2.45, 2.75) is 37.6 Å². The minimum Gasteiger partial charge on any atom is -0.314 e. The molecule has 1 aromatic carbocycles. The highest BCUT2D eigenvalue weighted by Crippen LogP contribution is 2.33. The van der Waals surface area contributed by atoms with Crippen LogP contribution in [-0.4, -0.2) is 43.2 Å². The van der Waals surface area contributed by atoms with E-state index in [0.29, 0.717) is 5.92 Å². The predicted molar refractivity (Wildman–Crippen MR) is 83.6 cm³/mol. The van der Waals surface area contributed by atoms with Crippen molar-refractivity contribution in [2.75, 3.05) is 26.2 Å². The van der Waals surface area contributed by atoms with Crippen molar-refractivity contribution in [2.24, 2.45) is 9.98 Å². The summed E-state index contributed by atoms with van der Waals surface area (Å²) in [5.41, 5.74) is 1.23. The predicted octanol–water partition coefficient (Wildman–Crippen LogP) is 0.991. The van der Waals surface area contributed by atoms with Crippen LogP contribution in [0.1, 0.15) is 37.2 Å². The minimum atomic E-state index is -0.350. The van der Waals surface area contributed by atoms with Gasteiger partial charge in [0.1, 0.15) is 0 Å². The highest BCUT2D eigenvalue weighted by molar-refractivity contribution is 5.77. The second-order valence-corrected chi connectivity index (χ2v) is 6.51. The molecule has 1 saturated carbocycles. The number of carbonyl (C=O) groups is 1. The lowest BCUT2D eigenvalue weighted by molar-refractivity contribution is 0.133. The van der Waals surface area contributed by atoms with Crippen LogP contribution in [0.2, 0.25) is 0 Å². The lowest BCUT2D eigenvalue weighted by atomic mass is 9.81. The molecule has 2 fully saturated rings. The maximum atomic E-state index is 11.4. The van der Waals surface area contributed by atoms with Crippen LogP contribution in [0, 0.1) is 0 Å². The van der Waals surface area contributed by atoms with Gasteiger partial charge in [-0.3, -0.25) is 4.90 Å². The molecule has 3 aliphatic rings. The molecule has 4 rings (SSSR count). The quantitative estimate of drug-likeness (QED) is 0.886. The Hall–Kier alpha value is -1.59. The summed E-state index contributed by atoms with van der Waals surface area (Å²) in [6.45, 7) is 4.60. The van der Waals surface area contributed by atoms with Crippen LogP contribution in [-0.2, 0) is 0 Å². The zero-order valence-electron chi connectivity index (χ0n) is 12.8. The van der Waals surface area contributed by atoms with E-state index in [-0.39, 0.29) is 6.03 Å². The number of para-hydroxylation sites is 1. The molecule has 0 aromatic heterocycles. The van der Waals surface area contributed by atoms with Gasteiger partial charge >= 0.3 is 6.03 Å². The molecule has 0 bridgehead atoms. The average molecular weight is 298 g/mol. The van der Waals surface area contributed by atoms with Crippen LogP contribution in [0.4, 0.5) is 4.79 Å². The summed E-state index contributed by atoms with van der Waals surface area (Å²) in [4.78, 5) is 22.2. The molecule has 5 nitrogen and oxygen atoms in total. The lowest BCUT2D eigenvalue weighted by Crippen LogP contribution is -2.49.